The molecule has 0 aromatic heterocycles. The number of aliphatic hydroxyl groups excluding tert-OH is 1. The van der Waals surface area contributed by atoms with Gasteiger partial charge in [0.05, 0.1) is 20.1 Å². The van der Waals surface area contributed by atoms with Crippen molar-refractivity contribution in [3.8, 4) is 11.1 Å². The van der Waals surface area contributed by atoms with Crippen LogP contribution in [0, 0.1) is 17.8 Å². The summed E-state index contributed by atoms with van der Waals surface area (Å²) in [6.07, 6.45) is 8.48. The van der Waals surface area contributed by atoms with Crippen LogP contribution in [0.3, 0.4) is 0 Å². The molecule has 4 aliphatic rings. The lowest BCUT2D eigenvalue weighted by atomic mass is 9.47. The number of carbonyl (C=O) groups is 1. The van der Waals surface area contributed by atoms with Gasteiger partial charge in [0.15, 0.2) is 0 Å². The standard InChI is InChI=1S/C26H30O3/c1-29-25(28)11-17-2-4-21(5-3-17)22-6-7-23(16-27)24(12-22)26-13-18-8-19(14-26)10-20(9-18)15-26/h2-7,12,18-20,27H,8-11,13-16H2,1H3. The highest BCUT2D eigenvalue weighted by molar-refractivity contribution is 5.73. The van der Waals surface area contributed by atoms with Crippen molar-refractivity contribution in [3.05, 3.63) is 59.2 Å². The highest BCUT2D eigenvalue weighted by Gasteiger charge is 2.52. The molecule has 4 saturated carbocycles. The lowest BCUT2D eigenvalue weighted by Crippen LogP contribution is -2.49. The van der Waals surface area contributed by atoms with Gasteiger partial charge >= 0.3 is 5.97 Å². The van der Waals surface area contributed by atoms with Gasteiger partial charge in [-0.25, -0.2) is 0 Å². The molecule has 4 fully saturated rings. The minimum absolute atomic E-state index is 0.120. The molecule has 2 aromatic carbocycles. The number of aliphatic hydroxyl groups is 1. The third-order valence-electron chi connectivity index (χ3n) is 7.75. The van der Waals surface area contributed by atoms with Crippen LogP contribution in [-0.2, 0) is 28.0 Å². The van der Waals surface area contributed by atoms with Crippen LogP contribution in [0.15, 0.2) is 42.5 Å². The summed E-state index contributed by atoms with van der Waals surface area (Å²) in [5.41, 5.74) is 6.11. The highest BCUT2D eigenvalue weighted by Crippen LogP contribution is 2.61. The van der Waals surface area contributed by atoms with Crippen LogP contribution in [0.4, 0.5) is 0 Å². The molecule has 152 valence electrons. The van der Waals surface area contributed by atoms with Gasteiger partial charge in [-0.15, -0.1) is 0 Å². The molecule has 3 nitrogen and oxygen atoms in total. The van der Waals surface area contributed by atoms with Gasteiger partial charge in [-0.1, -0.05) is 42.5 Å². The number of ether oxygens (including phenoxy) is 1. The van der Waals surface area contributed by atoms with Crippen molar-refractivity contribution < 1.29 is 14.6 Å². The quantitative estimate of drug-likeness (QED) is 0.729. The first-order chi connectivity index (χ1) is 14.1. The van der Waals surface area contributed by atoms with Crippen molar-refractivity contribution in [1.82, 2.24) is 0 Å². The maximum Gasteiger partial charge on any atom is 0.309 e. The predicted octanol–water partition coefficient (Wildman–Crippen LogP) is 5.03. The summed E-state index contributed by atoms with van der Waals surface area (Å²) in [4.78, 5) is 11.5. The summed E-state index contributed by atoms with van der Waals surface area (Å²) in [5.74, 6) is 2.44. The number of esters is 1. The van der Waals surface area contributed by atoms with Gasteiger partial charge in [0, 0.05) is 0 Å². The third-order valence-corrected chi connectivity index (χ3v) is 7.75. The van der Waals surface area contributed by atoms with E-state index in [1.807, 2.05) is 12.1 Å². The zero-order valence-corrected chi connectivity index (χ0v) is 17.2. The molecule has 0 unspecified atom stereocenters. The van der Waals surface area contributed by atoms with Crippen LogP contribution in [-0.4, -0.2) is 18.2 Å². The molecule has 4 bridgehead atoms. The summed E-state index contributed by atoms with van der Waals surface area (Å²) in [6, 6.07) is 14.8. The summed E-state index contributed by atoms with van der Waals surface area (Å²) in [6.45, 7) is 0.120. The number of carbonyl (C=O) groups excluding carboxylic acids is 1. The predicted molar refractivity (Wildman–Crippen MR) is 113 cm³/mol. The Morgan fingerprint density at radius 3 is 2.10 bits per heavy atom. The van der Waals surface area contributed by atoms with Gasteiger partial charge in [0.2, 0.25) is 0 Å². The SMILES string of the molecule is COC(=O)Cc1ccc(-c2ccc(CO)c(C34CC5CC(CC(C5)C3)C4)c2)cc1. The fraction of sp³-hybridized carbons (Fsp3) is 0.500. The molecule has 3 heteroatoms. The maximum absolute atomic E-state index is 11.5. The molecule has 6 rings (SSSR count). The summed E-state index contributed by atoms with van der Waals surface area (Å²) in [7, 11) is 1.42. The molecular weight excluding hydrogens is 360 g/mol. The molecule has 29 heavy (non-hydrogen) atoms. The Labute approximate surface area is 173 Å². The molecule has 1 N–H and O–H groups in total. The molecule has 2 aromatic rings. The summed E-state index contributed by atoms with van der Waals surface area (Å²) in [5, 5.41) is 10.1. The van der Waals surface area contributed by atoms with Gasteiger partial charge in [-0.3, -0.25) is 4.79 Å². The fourth-order valence-corrected chi connectivity index (χ4v) is 6.88. The van der Waals surface area contributed by atoms with Crippen molar-refractivity contribution in [2.24, 2.45) is 17.8 Å². The second-order valence-corrected chi connectivity index (χ2v) is 9.68. The number of benzene rings is 2. The van der Waals surface area contributed by atoms with Crippen LogP contribution in [0.5, 0.6) is 0 Å². The number of methoxy groups -OCH3 is 1. The molecule has 0 atom stereocenters. The fourth-order valence-electron chi connectivity index (χ4n) is 6.88. The molecular formula is C26H30O3. The van der Waals surface area contributed by atoms with Crippen LogP contribution < -0.4 is 0 Å². The van der Waals surface area contributed by atoms with E-state index >= 15 is 0 Å². The molecule has 0 heterocycles. The first-order valence-electron chi connectivity index (χ1n) is 11.0. The minimum atomic E-state index is -0.214. The minimum Gasteiger partial charge on any atom is -0.469 e. The van der Waals surface area contributed by atoms with Crippen molar-refractivity contribution >= 4 is 5.97 Å². The summed E-state index contributed by atoms with van der Waals surface area (Å²) >= 11 is 0. The first kappa shape index (κ1) is 18.9. The molecule has 0 spiro atoms. The molecule has 0 amide bonds. The van der Waals surface area contributed by atoms with Crippen molar-refractivity contribution in [2.45, 2.75) is 57.0 Å². The van der Waals surface area contributed by atoms with E-state index in [0.29, 0.717) is 6.42 Å². The van der Waals surface area contributed by atoms with Crippen LogP contribution in [0.2, 0.25) is 0 Å². The Balaban J connectivity index is 1.48. The van der Waals surface area contributed by atoms with Gasteiger partial charge in [0.25, 0.3) is 0 Å². The normalized spacial score (nSPS) is 29.8. The zero-order valence-electron chi connectivity index (χ0n) is 17.2. The van der Waals surface area contributed by atoms with Crippen molar-refractivity contribution in [1.29, 1.82) is 0 Å². The van der Waals surface area contributed by atoms with E-state index in [4.69, 9.17) is 4.74 Å². The summed E-state index contributed by atoms with van der Waals surface area (Å²) < 4.78 is 4.76. The Morgan fingerprint density at radius 2 is 1.55 bits per heavy atom. The average Bonchev–Trinajstić information content (AvgIpc) is 2.73. The molecule has 4 aliphatic carbocycles. The van der Waals surface area contributed by atoms with Gasteiger partial charge in [0.1, 0.15) is 0 Å². The Kier molecular flexibility index (Phi) is 4.74. The van der Waals surface area contributed by atoms with E-state index in [1.165, 1.54) is 56.8 Å². The smallest absolute Gasteiger partial charge is 0.309 e. The monoisotopic (exact) mass is 390 g/mol. The van der Waals surface area contributed by atoms with E-state index in [2.05, 4.69) is 30.3 Å². The molecule has 0 aliphatic heterocycles. The third kappa shape index (κ3) is 3.40. The lowest BCUT2D eigenvalue weighted by Gasteiger charge is -2.57. The van der Waals surface area contributed by atoms with E-state index in [9.17, 15) is 9.90 Å². The van der Waals surface area contributed by atoms with Crippen LogP contribution in [0.25, 0.3) is 11.1 Å². The van der Waals surface area contributed by atoms with E-state index < -0.39 is 0 Å². The van der Waals surface area contributed by atoms with E-state index in [-0.39, 0.29) is 18.0 Å². The maximum atomic E-state index is 11.5. The molecule has 0 radical (unpaired) electrons. The number of rotatable bonds is 5. The topological polar surface area (TPSA) is 46.5 Å². The highest BCUT2D eigenvalue weighted by atomic mass is 16.5. The zero-order chi connectivity index (χ0) is 20.0. The first-order valence-corrected chi connectivity index (χ1v) is 11.0. The van der Waals surface area contributed by atoms with Gasteiger partial charge in [-0.2, -0.15) is 0 Å². The largest absolute Gasteiger partial charge is 0.469 e. The van der Waals surface area contributed by atoms with E-state index in [1.54, 1.807) is 0 Å². The van der Waals surface area contributed by atoms with Gasteiger partial charge in [-0.05, 0) is 89.5 Å². The van der Waals surface area contributed by atoms with Crippen LogP contribution in [0.1, 0.15) is 55.2 Å². The van der Waals surface area contributed by atoms with Gasteiger partial charge < -0.3 is 9.84 Å². The average molecular weight is 391 g/mol. The molecule has 0 saturated heterocycles. The van der Waals surface area contributed by atoms with Crippen molar-refractivity contribution in [3.63, 3.8) is 0 Å². The second kappa shape index (κ2) is 7.28. The number of hydrogen-bond donors (Lipinski definition) is 1. The Bertz CT molecular complexity index is 877. The van der Waals surface area contributed by atoms with Crippen LogP contribution >= 0.6 is 0 Å². The van der Waals surface area contributed by atoms with E-state index in [0.717, 1.165) is 34.4 Å². The Hall–Kier alpha value is -2.13. The van der Waals surface area contributed by atoms with Crippen molar-refractivity contribution in [2.75, 3.05) is 7.11 Å². The lowest BCUT2D eigenvalue weighted by molar-refractivity contribution is -0.139. The number of hydrogen-bond acceptors (Lipinski definition) is 3. The second-order valence-electron chi connectivity index (χ2n) is 9.68. The Morgan fingerprint density at radius 1 is 0.966 bits per heavy atom.